The van der Waals surface area contributed by atoms with Crippen molar-refractivity contribution in [2.45, 2.75) is 6.92 Å². The Morgan fingerprint density at radius 3 is 2.33 bits per heavy atom. The van der Waals surface area contributed by atoms with Crippen LogP contribution >= 0.6 is 39.1 Å². The summed E-state index contributed by atoms with van der Waals surface area (Å²) in [5.74, 6) is -0.0292. The van der Waals surface area contributed by atoms with E-state index in [0.717, 1.165) is 10.0 Å². The number of nitrogens with zero attached hydrogens (tertiary/aromatic N) is 1. The van der Waals surface area contributed by atoms with Gasteiger partial charge in [0.2, 0.25) is 0 Å². The number of ether oxygens (including phenoxy) is 1. The summed E-state index contributed by atoms with van der Waals surface area (Å²) in [5, 5.41) is 0.991. The number of benzene rings is 3. The summed E-state index contributed by atoms with van der Waals surface area (Å²) < 4.78 is 6.40. The van der Waals surface area contributed by atoms with Crippen LogP contribution in [-0.4, -0.2) is 12.2 Å². The number of hydrogen-bond donors (Lipinski definition) is 0. The van der Waals surface area contributed by atoms with Crippen LogP contribution in [0.2, 0.25) is 10.0 Å². The van der Waals surface area contributed by atoms with Crippen LogP contribution in [0.5, 0.6) is 5.75 Å². The highest BCUT2D eigenvalue weighted by molar-refractivity contribution is 9.10. The van der Waals surface area contributed by atoms with Crippen LogP contribution in [-0.2, 0) is 0 Å². The summed E-state index contributed by atoms with van der Waals surface area (Å²) >= 11 is 15.4. The fourth-order valence-corrected chi connectivity index (χ4v) is 3.21. The number of halogens is 3. The second-order valence-corrected chi connectivity index (χ2v) is 7.61. The molecule has 136 valence electrons. The quantitative estimate of drug-likeness (QED) is 0.237. The van der Waals surface area contributed by atoms with Gasteiger partial charge in [-0.2, -0.15) is 0 Å². The SMILES string of the molecule is Cc1ccc(C(=O)Oc2ccc(Br)cc2C=Nc2cc(Cl)cc(Cl)c2)cc1. The predicted octanol–water partition coefficient (Wildman–Crippen LogP) is 7.03. The molecule has 0 bridgehead atoms. The Morgan fingerprint density at radius 1 is 1.00 bits per heavy atom. The van der Waals surface area contributed by atoms with Crippen molar-refractivity contribution in [2.24, 2.45) is 4.99 Å². The van der Waals surface area contributed by atoms with E-state index < -0.39 is 5.97 Å². The first-order chi connectivity index (χ1) is 12.9. The third-order valence-corrected chi connectivity index (χ3v) is 4.59. The highest BCUT2D eigenvalue weighted by atomic mass is 79.9. The van der Waals surface area contributed by atoms with Crippen molar-refractivity contribution < 1.29 is 9.53 Å². The number of carbonyl (C=O) groups excluding carboxylic acids is 1. The second-order valence-electron chi connectivity index (χ2n) is 5.82. The van der Waals surface area contributed by atoms with Gasteiger partial charge in [0.1, 0.15) is 5.75 Å². The lowest BCUT2D eigenvalue weighted by atomic mass is 10.1. The van der Waals surface area contributed by atoms with Gasteiger partial charge in [-0.25, -0.2) is 4.79 Å². The Bertz CT molecular complexity index is 997. The molecule has 0 aliphatic rings. The Morgan fingerprint density at radius 2 is 1.67 bits per heavy atom. The molecule has 0 unspecified atom stereocenters. The molecule has 0 aliphatic carbocycles. The van der Waals surface area contributed by atoms with Crippen molar-refractivity contribution in [1.82, 2.24) is 0 Å². The average molecular weight is 463 g/mol. The van der Waals surface area contributed by atoms with Gasteiger partial charge in [0, 0.05) is 26.3 Å². The van der Waals surface area contributed by atoms with Crippen LogP contribution in [0.3, 0.4) is 0 Å². The maximum Gasteiger partial charge on any atom is 0.343 e. The van der Waals surface area contributed by atoms with Gasteiger partial charge in [0.15, 0.2) is 0 Å². The molecule has 0 saturated heterocycles. The minimum atomic E-state index is -0.433. The fraction of sp³-hybridized carbons (Fsp3) is 0.0476. The third kappa shape index (κ3) is 5.42. The second kappa shape index (κ2) is 8.70. The van der Waals surface area contributed by atoms with E-state index in [1.807, 2.05) is 25.1 Å². The van der Waals surface area contributed by atoms with Crippen molar-refractivity contribution in [3.8, 4) is 5.75 Å². The Kier molecular flexibility index (Phi) is 6.32. The summed E-state index contributed by atoms with van der Waals surface area (Å²) in [4.78, 5) is 16.8. The maximum atomic E-state index is 12.4. The monoisotopic (exact) mass is 461 g/mol. The lowest BCUT2D eigenvalue weighted by Gasteiger charge is -2.08. The lowest BCUT2D eigenvalue weighted by molar-refractivity contribution is 0.0734. The summed E-state index contributed by atoms with van der Waals surface area (Å²) in [7, 11) is 0. The molecular weight excluding hydrogens is 449 g/mol. The smallest absolute Gasteiger partial charge is 0.343 e. The van der Waals surface area contributed by atoms with E-state index in [-0.39, 0.29) is 0 Å². The van der Waals surface area contributed by atoms with Gasteiger partial charge in [-0.15, -0.1) is 0 Å². The average Bonchev–Trinajstić information content (AvgIpc) is 2.61. The van der Waals surface area contributed by atoms with Crippen molar-refractivity contribution in [3.63, 3.8) is 0 Å². The zero-order chi connectivity index (χ0) is 19.4. The van der Waals surface area contributed by atoms with Crippen LogP contribution in [0.4, 0.5) is 5.69 Å². The molecule has 0 aliphatic heterocycles. The van der Waals surface area contributed by atoms with Gasteiger partial charge >= 0.3 is 5.97 Å². The normalized spacial score (nSPS) is 11.0. The Balaban J connectivity index is 1.87. The van der Waals surface area contributed by atoms with Crippen molar-refractivity contribution in [2.75, 3.05) is 0 Å². The van der Waals surface area contributed by atoms with Crippen LogP contribution < -0.4 is 4.74 Å². The largest absolute Gasteiger partial charge is 0.422 e. The molecule has 0 saturated carbocycles. The first-order valence-corrected chi connectivity index (χ1v) is 9.54. The van der Waals surface area contributed by atoms with E-state index in [1.165, 1.54) is 0 Å². The minimum Gasteiger partial charge on any atom is -0.422 e. The zero-order valence-corrected chi connectivity index (χ0v) is 17.3. The zero-order valence-electron chi connectivity index (χ0n) is 14.2. The number of carbonyl (C=O) groups is 1. The van der Waals surface area contributed by atoms with Gasteiger partial charge in [-0.3, -0.25) is 4.99 Å². The minimum absolute atomic E-state index is 0.403. The Hall–Kier alpha value is -2.14. The molecule has 6 heteroatoms. The maximum absolute atomic E-state index is 12.4. The van der Waals surface area contributed by atoms with Crippen LogP contribution in [0, 0.1) is 6.92 Å². The van der Waals surface area contributed by atoms with E-state index in [4.69, 9.17) is 27.9 Å². The number of rotatable bonds is 4. The molecule has 0 fully saturated rings. The molecule has 0 N–H and O–H groups in total. The molecular formula is C21H14BrCl2NO2. The van der Waals surface area contributed by atoms with Crippen LogP contribution in [0.15, 0.2) is 70.1 Å². The van der Waals surface area contributed by atoms with Crippen molar-refractivity contribution >= 4 is 57.0 Å². The molecule has 27 heavy (non-hydrogen) atoms. The molecule has 0 atom stereocenters. The van der Waals surface area contributed by atoms with Crippen molar-refractivity contribution in [3.05, 3.63) is 91.9 Å². The topological polar surface area (TPSA) is 38.7 Å². The summed E-state index contributed by atoms with van der Waals surface area (Å²) in [6.45, 7) is 1.96. The summed E-state index contributed by atoms with van der Waals surface area (Å²) in [6.07, 6.45) is 1.60. The lowest BCUT2D eigenvalue weighted by Crippen LogP contribution is -2.09. The first kappa shape index (κ1) is 19.6. The van der Waals surface area contributed by atoms with E-state index in [1.54, 1.807) is 48.7 Å². The molecule has 3 aromatic carbocycles. The predicted molar refractivity (Wildman–Crippen MR) is 114 cm³/mol. The summed E-state index contributed by atoms with van der Waals surface area (Å²) in [6, 6.07) is 17.5. The van der Waals surface area contributed by atoms with Crippen LogP contribution in [0.25, 0.3) is 0 Å². The number of aliphatic imine (C=N–C) groups is 1. The van der Waals surface area contributed by atoms with Crippen LogP contribution in [0.1, 0.15) is 21.5 Å². The highest BCUT2D eigenvalue weighted by Gasteiger charge is 2.11. The highest BCUT2D eigenvalue weighted by Crippen LogP contribution is 2.27. The standard InChI is InChI=1S/C21H14BrCl2NO2/c1-13-2-4-14(5-3-13)21(26)27-20-7-6-16(22)8-15(20)12-25-19-10-17(23)9-18(24)11-19/h2-12H,1H3. The fourth-order valence-electron chi connectivity index (χ4n) is 2.32. The van der Waals surface area contributed by atoms with E-state index in [0.29, 0.717) is 32.6 Å². The van der Waals surface area contributed by atoms with E-state index in [2.05, 4.69) is 20.9 Å². The summed E-state index contributed by atoms with van der Waals surface area (Å²) in [5.41, 5.74) is 2.79. The first-order valence-electron chi connectivity index (χ1n) is 7.99. The van der Waals surface area contributed by atoms with Gasteiger partial charge in [0.25, 0.3) is 0 Å². The molecule has 0 spiro atoms. The molecule has 3 rings (SSSR count). The molecule has 0 amide bonds. The molecule has 0 heterocycles. The molecule has 0 radical (unpaired) electrons. The van der Waals surface area contributed by atoms with Gasteiger partial charge < -0.3 is 4.74 Å². The van der Waals surface area contributed by atoms with Gasteiger partial charge in [0.05, 0.1) is 11.3 Å². The van der Waals surface area contributed by atoms with Gasteiger partial charge in [-0.1, -0.05) is 56.8 Å². The molecule has 3 nitrogen and oxygen atoms in total. The van der Waals surface area contributed by atoms with Crippen molar-refractivity contribution in [1.29, 1.82) is 0 Å². The Labute approximate surface area is 175 Å². The number of aryl methyl sites for hydroxylation is 1. The third-order valence-electron chi connectivity index (χ3n) is 3.66. The van der Waals surface area contributed by atoms with E-state index in [9.17, 15) is 4.79 Å². The number of hydrogen-bond acceptors (Lipinski definition) is 3. The molecule has 3 aromatic rings. The number of esters is 1. The van der Waals surface area contributed by atoms with Gasteiger partial charge in [-0.05, 0) is 55.5 Å². The van der Waals surface area contributed by atoms with E-state index >= 15 is 0 Å². The molecule has 0 aromatic heterocycles.